The third-order valence-corrected chi connectivity index (χ3v) is 6.69. The summed E-state index contributed by atoms with van der Waals surface area (Å²) in [5.74, 6) is 1.34. The van der Waals surface area contributed by atoms with Crippen LogP contribution in [-0.2, 0) is 20.6 Å². The number of thioether (sulfide) groups is 1. The van der Waals surface area contributed by atoms with E-state index < -0.39 is 16.1 Å². The molecule has 2 rings (SSSR count). The summed E-state index contributed by atoms with van der Waals surface area (Å²) in [4.78, 5) is 12.5. The summed E-state index contributed by atoms with van der Waals surface area (Å²) < 4.78 is 25.7. The van der Waals surface area contributed by atoms with Crippen molar-refractivity contribution in [3.05, 3.63) is 65.2 Å². The minimum atomic E-state index is -3.58. The van der Waals surface area contributed by atoms with Crippen molar-refractivity contribution in [3.63, 3.8) is 0 Å². The van der Waals surface area contributed by atoms with Gasteiger partial charge in [0.15, 0.2) is 0 Å². The molecule has 0 saturated carbocycles. The van der Waals surface area contributed by atoms with Gasteiger partial charge in [0, 0.05) is 18.1 Å². The Labute approximate surface area is 172 Å². The van der Waals surface area contributed by atoms with Gasteiger partial charge in [0.1, 0.15) is 6.04 Å². The highest BCUT2D eigenvalue weighted by molar-refractivity contribution is 7.98. The highest BCUT2D eigenvalue weighted by atomic mass is 32.2. The van der Waals surface area contributed by atoms with E-state index in [1.807, 2.05) is 31.2 Å². The van der Waals surface area contributed by atoms with Gasteiger partial charge in [-0.1, -0.05) is 42.0 Å². The molecule has 1 amide bonds. The van der Waals surface area contributed by atoms with Crippen molar-refractivity contribution < 1.29 is 13.2 Å². The van der Waals surface area contributed by atoms with Gasteiger partial charge in [0.25, 0.3) is 0 Å². The van der Waals surface area contributed by atoms with Crippen LogP contribution in [-0.4, -0.2) is 38.9 Å². The van der Waals surface area contributed by atoms with Gasteiger partial charge in [0.05, 0.1) is 11.9 Å². The van der Waals surface area contributed by atoms with Crippen molar-refractivity contribution in [2.45, 2.75) is 32.6 Å². The van der Waals surface area contributed by atoms with Crippen LogP contribution in [0.2, 0.25) is 0 Å². The fourth-order valence-corrected chi connectivity index (χ4v) is 4.96. The topological polar surface area (TPSA) is 66.5 Å². The Morgan fingerprint density at radius 1 is 1.11 bits per heavy atom. The van der Waals surface area contributed by atoms with Crippen molar-refractivity contribution >= 4 is 33.4 Å². The number of hydrogen-bond acceptors (Lipinski definition) is 4. The number of carbonyl (C=O) groups excluding carboxylic acids is 1. The second-order valence-corrected chi connectivity index (χ2v) is 9.81. The van der Waals surface area contributed by atoms with Gasteiger partial charge in [-0.2, -0.15) is 11.8 Å². The molecular formula is C21H28N2O3S2. The minimum absolute atomic E-state index is 0.303. The van der Waals surface area contributed by atoms with Gasteiger partial charge in [-0.3, -0.25) is 9.10 Å². The van der Waals surface area contributed by atoms with Crippen molar-refractivity contribution in [2.75, 3.05) is 22.9 Å². The average Bonchev–Trinajstić information content (AvgIpc) is 2.63. The predicted molar refractivity (Wildman–Crippen MR) is 118 cm³/mol. The fourth-order valence-electron chi connectivity index (χ4n) is 2.85. The molecule has 1 atom stereocenters. The molecule has 0 radical (unpaired) electrons. The maximum absolute atomic E-state index is 12.5. The Balaban J connectivity index is 1.90. The molecule has 0 aromatic heterocycles. The molecule has 28 heavy (non-hydrogen) atoms. The summed E-state index contributed by atoms with van der Waals surface area (Å²) in [7, 11) is -3.58. The smallest absolute Gasteiger partial charge is 0.243 e. The summed E-state index contributed by atoms with van der Waals surface area (Å²) in [6.07, 6.45) is 1.12. The molecule has 152 valence electrons. The van der Waals surface area contributed by atoms with Gasteiger partial charge in [0.2, 0.25) is 15.9 Å². The van der Waals surface area contributed by atoms with Gasteiger partial charge >= 0.3 is 0 Å². The summed E-state index contributed by atoms with van der Waals surface area (Å²) in [6.45, 7) is 6.12. The quantitative estimate of drug-likeness (QED) is 0.631. The highest BCUT2D eigenvalue weighted by Crippen LogP contribution is 2.21. The molecule has 0 aliphatic heterocycles. The van der Waals surface area contributed by atoms with Crippen molar-refractivity contribution in [1.82, 2.24) is 5.32 Å². The molecule has 1 N–H and O–H groups in total. The van der Waals surface area contributed by atoms with Gasteiger partial charge in [-0.15, -0.1) is 0 Å². The van der Waals surface area contributed by atoms with Crippen LogP contribution in [0.4, 0.5) is 5.69 Å². The monoisotopic (exact) mass is 420 g/mol. The Kier molecular flexibility index (Phi) is 7.95. The molecule has 0 heterocycles. The highest BCUT2D eigenvalue weighted by Gasteiger charge is 2.28. The Hall–Kier alpha value is -1.99. The predicted octanol–water partition coefficient (Wildman–Crippen LogP) is 3.51. The molecule has 2 aromatic carbocycles. The zero-order chi connectivity index (χ0) is 20.7. The molecule has 0 saturated heterocycles. The number of carbonyl (C=O) groups is 1. The van der Waals surface area contributed by atoms with Crippen LogP contribution in [0, 0.1) is 13.8 Å². The van der Waals surface area contributed by atoms with Crippen molar-refractivity contribution in [2.24, 2.45) is 0 Å². The molecule has 0 bridgehead atoms. The van der Waals surface area contributed by atoms with Crippen LogP contribution in [0.15, 0.2) is 48.5 Å². The number of benzene rings is 2. The number of nitrogens with one attached hydrogen (secondary N) is 1. The summed E-state index contributed by atoms with van der Waals surface area (Å²) in [5.41, 5.74) is 4.06. The molecule has 0 aliphatic rings. The third-order valence-electron chi connectivity index (χ3n) is 4.44. The zero-order valence-electron chi connectivity index (χ0n) is 16.8. The zero-order valence-corrected chi connectivity index (χ0v) is 18.4. The molecule has 2 aromatic rings. The van der Waals surface area contributed by atoms with Crippen LogP contribution in [0.1, 0.15) is 23.6 Å². The number of nitrogens with zero attached hydrogens (tertiary/aromatic N) is 1. The lowest BCUT2D eigenvalue weighted by molar-refractivity contribution is -0.121. The fraction of sp³-hybridized carbons (Fsp3) is 0.381. The van der Waals surface area contributed by atoms with E-state index in [1.54, 1.807) is 30.8 Å². The van der Waals surface area contributed by atoms with Crippen LogP contribution in [0.3, 0.4) is 0 Å². The molecule has 0 spiro atoms. The van der Waals surface area contributed by atoms with E-state index in [0.29, 0.717) is 12.2 Å². The molecular weight excluding hydrogens is 392 g/mol. The van der Waals surface area contributed by atoms with E-state index in [0.717, 1.165) is 23.3 Å². The average molecular weight is 421 g/mol. The minimum Gasteiger partial charge on any atom is -0.353 e. The lowest BCUT2D eigenvalue weighted by Gasteiger charge is -2.28. The Morgan fingerprint density at radius 3 is 2.36 bits per heavy atom. The van der Waals surface area contributed by atoms with E-state index in [1.165, 1.54) is 15.4 Å². The number of hydrogen-bond donors (Lipinski definition) is 1. The maximum atomic E-state index is 12.5. The van der Waals surface area contributed by atoms with E-state index in [4.69, 9.17) is 0 Å². The van der Waals surface area contributed by atoms with Gasteiger partial charge in [-0.05, 0) is 44.0 Å². The van der Waals surface area contributed by atoms with Crippen LogP contribution >= 0.6 is 11.8 Å². The van der Waals surface area contributed by atoms with Crippen molar-refractivity contribution in [1.29, 1.82) is 0 Å². The summed E-state index contributed by atoms with van der Waals surface area (Å²) >= 11 is 1.74. The lowest BCUT2D eigenvalue weighted by Crippen LogP contribution is -2.48. The van der Waals surface area contributed by atoms with Crippen LogP contribution < -0.4 is 9.62 Å². The van der Waals surface area contributed by atoms with Gasteiger partial charge < -0.3 is 5.32 Å². The second-order valence-electron chi connectivity index (χ2n) is 6.84. The normalized spacial score (nSPS) is 12.4. The summed E-state index contributed by atoms with van der Waals surface area (Å²) in [6, 6.07) is 14.5. The molecule has 0 unspecified atom stereocenters. The number of anilines is 1. The first-order valence-corrected chi connectivity index (χ1v) is 12.2. The first kappa shape index (κ1) is 22.3. The molecule has 0 fully saturated rings. The first-order chi connectivity index (χ1) is 13.2. The molecule has 7 heteroatoms. The largest absolute Gasteiger partial charge is 0.353 e. The number of sulfonamides is 1. The SMILES string of the molecule is Cc1ccc(N([C@@H](C)C(=O)NCCSCc2ccccc2C)S(C)(=O)=O)cc1. The van der Waals surface area contributed by atoms with Gasteiger partial charge in [-0.25, -0.2) is 8.42 Å². The lowest BCUT2D eigenvalue weighted by atomic mass is 10.1. The van der Waals surface area contributed by atoms with E-state index >= 15 is 0 Å². The number of aryl methyl sites for hydroxylation is 2. The standard InChI is InChI=1S/C21H28N2O3S2/c1-16-9-11-20(12-10-16)23(28(4,25)26)18(3)21(24)22-13-14-27-15-19-8-6-5-7-17(19)2/h5-12,18H,13-15H2,1-4H3,(H,22,24)/t18-/m0/s1. The van der Waals surface area contributed by atoms with E-state index in [2.05, 4.69) is 24.4 Å². The first-order valence-electron chi connectivity index (χ1n) is 9.16. The Morgan fingerprint density at radius 2 is 1.75 bits per heavy atom. The van der Waals surface area contributed by atoms with Crippen molar-refractivity contribution in [3.8, 4) is 0 Å². The second kappa shape index (κ2) is 9.98. The summed E-state index contributed by atoms with van der Waals surface area (Å²) in [5, 5.41) is 2.85. The Bertz CT molecular complexity index is 896. The molecule has 0 aliphatic carbocycles. The van der Waals surface area contributed by atoms with Crippen LogP contribution in [0.5, 0.6) is 0 Å². The maximum Gasteiger partial charge on any atom is 0.243 e. The van der Waals surface area contributed by atoms with Crippen LogP contribution in [0.25, 0.3) is 0 Å². The number of amides is 1. The van der Waals surface area contributed by atoms with E-state index in [-0.39, 0.29) is 5.91 Å². The molecule has 5 nitrogen and oxygen atoms in total. The van der Waals surface area contributed by atoms with E-state index in [9.17, 15) is 13.2 Å². The number of rotatable bonds is 9. The third kappa shape index (κ3) is 6.27.